The second-order valence-corrected chi connectivity index (χ2v) is 17.7. The van der Waals surface area contributed by atoms with E-state index in [4.69, 9.17) is 19.0 Å². The SMILES string of the molecule is CCC(C)CCCCCCCCCCCCCCC(=O)NCCc1cc(Br)c(OCCCNC(=O)C2=NO[C@]3(CC(Br)=C(OC)C(Br)=CO3)[C@H]2O)c(Br)c1. The van der Waals surface area contributed by atoms with Crippen molar-refractivity contribution in [2.75, 3.05) is 26.8 Å². The van der Waals surface area contributed by atoms with Gasteiger partial charge in [0.15, 0.2) is 11.8 Å². The number of nitrogens with zero attached hydrogens (tertiary/aromatic N) is 1. The minimum Gasteiger partial charge on any atom is -0.495 e. The van der Waals surface area contributed by atoms with E-state index in [1.54, 1.807) is 0 Å². The molecular weight excluding hydrogens is 954 g/mol. The molecule has 54 heavy (non-hydrogen) atoms. The third-order valence-corrected chi connectivity index (χ3v) is 12.2. The number of carbonyl (C=O) groups is 2. The molecule has 2 heterocycles. The number of carbonyl (C=O) groups excluding carboxylic acids is 2. The van der Waals surface area contributed by atoms with Crippen molar-refractivity contribution in [2.45, 2.75) is 141 Å². The molecule has 0 saturated carbocycles. The van der Waals surface area contributed by atoms with Crippen LogP contribution in [0.5, 0.6) is 5.75 Å². The maximum Gasteiger partial charge on any atom is 0.311 e. The standard InChI is InChI=1S/C40H59Br4N3O7/c1-4-28(2)18-15-13-11-9-7-5-6-8-10-12-14-16-19-34(48)45-22-20-29-24-30(41)37(31(42)25-29)52-23-17-21-46-39(50)35-38(49)40(54-47-35)26-32(43)36(51-3)33(44)27-53-40/h24-25,27-28,38,49H,4-23,26H2,1-3H3,(H,45,48)(H,46,50)/t28?,38-,40+/m0/s1. The van der Waals surface area contributed by atoms with Crippen LogP contribution in [0.2, 0.25) is 0 Å². The van der Waals surface area contributed by atoms with Crippen LogP contribution in [0.4, 0.5) is 0 Å². The van der Waals surface area contributed by atoms with Gasteiger partial charge in [-0.25, -0.2) is 0 Å². The van der Waals surface area contributed by atoms with Crippen LogP contribution in [0.15, 0.2) is 47.2 Å². The van der Waals surface area contributed by atoms with Crippen LogP contribution in [0.3, 0.4) is 0 Å². The number of rotatable bonds is 26. The first-order chi connectivity index (χ1) is 26.0. The van der Waals surface area contributed by atoms with Gasteiger partial charge in [-0.3, -0.25) is 9.59 Å². The zero-order valence-corrected chi connectivity index (χ0v) is 38.4. The summed E-state index contributed by atoms with van der Waals surface area (Å²) in [5.74, 6) is -0.0337. The molecule has 0 fully saturated rings. The van der Waals surface area contributed by atoms with E-state index in [1.807, 2.05) is 12.1 Å². The number of aliphatic hydroxyl groups is 1. The minimum absolute atomic E-state index is 0.0630. The van der Waals surface area contributed by atoms with Crippen LogP contribution in [-0.4, -0.2) is 61.3 Å². The summed E-state index contributed by atoms with van der Waals surface area (Å²) in [5, 5.41) is 20.6. The molecule has 3 N–H and O–H groups in total. The number of halogens is 4. The Morgan fingerprint density at radius 3 is 2.15 bits per heavy atom. The summed E-state index contributed by atoms with van der Waals surface area (Å²) in [6, 6.07) is 3.98. The first kappa shape index (κ1) is 46.8. The van der Waals surface area contributed by atoms with Crippen molar-refractivity contribution in [3.05, 3.63) is 47.6 Å². The lowest BCUT2D eigenvalue weighted by Gasteiger charge is -2.27. The second kappa shape index (κ2) is 25.6. The zero-order valence-electron chi connectivity index (χ0n) is 32.1. The monoisotopic (exact) mass is 1010 g/mol. The summed E-state index contributed by atoms with van der Waals surface area (Å²) in [7, 11) is 1.51. The van der Waals surface area contributed by atoms with E-state index in [0.29, 0.717) is 52.9 Å². The zero-order chi connectivity index (χ0) is 39.3. The van der Waals surface area contributed by atoms with Crippen LogP contribution in [-0.2, 0) is 30.3 Å². The van der Waals surface area contributed by atoms with E-state index in [-0.39, 0.29) is 24.6 Å². The Morgan fingerprint density at radius 2 is 1.54 bits per heavy atom. The van der Waals surface area contributed by atoms with E-state index in [0.717, 1.165) is 33.3 Å². The highest BCUT2D eigenvalue weighted by molar-refractivity contribution is 9.12. The van der Waals surface area contributed by atoms with Gasteiger partial charge in [-0.05, 0) is 90.7 Å². The lowest BCUT2D eigenvalue weighted by molar-refractivity contribution is -0.225. The number of nitrogens with one attached hydrogen (secondary N) is 2. The number of ether oxygens (including phenoxy) is 3. The van der Waals surface area contributed by atoms with Gasteiger partial charge in [0.05, 0.1) is 33.6 Å². The predicted octanol–water partition coefficient (Wildman–Crippen LogP) is 10.6. The molecule has 0 aliphatic carbocycles. The van der Waals surface area contributed by atoms with E-state index in [9.17, 15) is 14.7 Å². The van der Waals surface area contributed by atoms with Crippen molar-refractivity contribution in [3.63, 3.8) is 0 Å². The Hall–Kier alpha value is -1.61. The number of benzene rings is 1. The van der Waals surface area contributed by atoms with Crippen LogP contribution in [0.1, 0.15) is 129 Å². The summed E-state index contributed by atoms with van der Waals surface area (Å²) in [4.78, 5) is 30.6. The average molecular weight is 1010 g/mol. The molecule has 2 aliphatic heterocycles. The third-order valence-electron chi connectivity index (χ3n) is 9.83. The van der Waals surface area contributed by atoms with E-state index in [1.165, 1.54) is 90.4 Å². The van der Waals surface area contributed by atoms with Crippen molar-refractivity contribution >= 4 is 81.2 Å². The minimum atomic E-state index is -1.60. The largest absolute Gasteiger partial charge is 0.495 e. The van der Waals surface area contributed by atoms with Gasteiger partial charge in [-0.1, -0.05) is 118 Å². The molecule has 0 radical (unpaired) electrons. The molecule has 0 aromatic heterocycles. The van der Waals surface area contributed by atoms with E-state index >= 15 is 0 Å². The Morgan fingerprint density at radius 1 is 0.926 bits per heavy atom. The summed E-state index contributed by atoms with van der Waals surface area (Å²) >= 11 is 14.0. The normalized spacial score (nSPS) is 18.7. The molecule has 1 unspecified atom stereocenters. The maximum absolute atomic E-state index is 12.8. The smallest absolute Gasteiger partial charge is 0.311 e. The Kier molecular flexibility index (Phi) is 22.2. The van der Waals surface area contributed by atoms with E-state index in [2.05, 4.69) is 93.4 Å². The quantitative estimate of drug-likeness (QED) is 0.0789. The van der Waals surface area contributed by atoms with Gasteiger partial charge in [0.2, 0.25) is 5.91 Å². The highest BCUT2D eigenvalue weighted by atomic mass is 79.9. The number of allylic oxidation sites excluding steroid dienone is 1. The van der Waals surface area contributed by atoms with Gasteiger partial charge in [-0.15, -0.1) is 0 Å². The number of unbranched alkanes of at least 4 members (excludes halogenated alkanes) is 11. The van der Waals surface area contributed by atoms with Crippen LogP contribution < -0.4 is 15.4 Å². The van der Waals surface area contributed by atoms with Crippen molar-refractivity contribution in [1.29, 1.82) is 0 Å². The molecule has 2 amide bonds. The highest BCUT2D eigenvalue weighted by Crippen LogP contribution is 2.41. The Labute approximate surface area is 355 Å². The molecule has 14 heteroatoms. The number of methoxy groups -OCH3 is 1. The van der Waals surface area contributed by atoms with Crippen LogP contribution >= 0.6 is 63.7 Å². The van der Waals surface area contributed by atoms with Gasteiger partial charge < -0.3 is 34.8 Å². The molecule has 3 rings (SSSR count). The molecule has 0 bridgehead atoms. The van der Waals surface area contributed by atoms with Gasteiger partial charge >= 0.3 is 5.79 Å². The van der Waals surface area contributed by atoms with Crippen molar-refractivity contribution in [1.82, 2.24) is 10.6 Å². The van der Waals surface area contributed by atoms with Gasteiger partial charge in [0.25, 0.3) is 5.91 Å². The molecule has 10 nitrogen and oxygen atoms in total. The number of oxime groups is 1. The molecule has 304 valence electrons. The Balaban J connectivity index is 1.22. The molecule has 1 aromatic rings. The molecule has 0 saturated heterocycles. The van der Waals surface area contributed by atoms with Crippen molar-refractivity contribution < 1.29 is 33.7 Å². The molecular formula is C40H59Br4N3O7. The first-order valence-corrected chi connectivity index (χ1v) is 22.7. The number of aliphatic hydroxyl groups excluding tert-OH is 1. The summed E-state index contributed by atoms with van der Waals surface area (Å²) < 4.78 is 19.7. The summed E-state index contributed by atoms with van der Waals surface area (Å²) in [6.07, 6.45) is 20.0. The van der Waals surface area contributed by atoms with Crippen molar-refractivity contribution in [2.24, 2.45) is 11.1 Å². The summed E-state index contributed by atoms with van der Waals surface area (Å²) in [6.45, 7) is 5.85. The van der Waals surface area contributed by atoms with Crippen LogP contribution in [0, 0.1) is 5.92 Å². The Bertz CT molecular complexity index is 1420. The molecule has 1 spiro atoms. The number of amides is 2. The fraction of sp³-hybridized carbons (Fsp3) is 0.675. The third kappa shape index (κ3) is 15.7. The lowest BCUT2D eigenvalue weighted by Crippen LogP contribution is -2.49. The lowest BCUT2D eigenvalue weighted by atomic mass is 9.99. The van der Waals surface area contributed by atoms with Crippen molar-refractivity contribution in [3.8, 4) is 5.75 Å². The molecule has 1 aromatic carbocycles. The van der Waals surface area contributed by atoms with Gasteiger partial charge in [-0.2, -0.15) is 0 Å². The first-order valence-electron chi connectivity index (χ1n) is 19.6. The molecule has 3 atom stereocenters. The fourth-order valence-electron chi connectivity index (χ4n) is 6.31. The number of hydrogen-bond acceptors (Lipinski definition) is 8. The maximum atomic E-state index is 12.8. The average Bonchev–Trinajstić information content (AvgIpc) is 3.39. The number of hydrogen-bond donors (Lipinski definition) is 3. The molecule has 2 aliphatic rings. The fourth-order valence-corrected chi connectivity index (χ4v) is 9.35. The highest BCUT2D eigenvalue weighted by Gasteiger charge is 2.54. The summed E-state index contributed by atoms with van der Waals surface area (Å²) in [5.41, 5.74) is 0.881. The second-order valence-electron chi connectivity index (χ2n) is 14.2. The van der Waals surface area contributed by atoms with Gasteiger partial charge in [0.1, 0.15) is 17.8 Å². The van der Waals surface area contributed by atoms with Crippen LogP contribution in [0.25, 0.3) is 0 Å². The predicted molar refractivity (Wildman–Crippen MR) is 229 cm³/mol. The topological polar surface area (TPSA) is 128 Å². The van der Waals surface area contributed by atoms with E-state index < -0.39 is 17.8 Å². The van der Waals surface area contributed by atoms with Gasteiger partial charge in [0, 0.05) is 24.0 Å².